The summed E-state index contributed by atoms with van der Waals surface area (Å²) < 4.78 is 11.4. The highest BCUT2D eigenvalue weighted by Gasteiger charge is 2.44. The molecule has 0 aliphatic heterocycles. The SMILES string of the molecule is CNC(=O)Oc1ccc(OC)c2c1C1c3ccccc3C2c2ccccc21. The maximum absolute atomic E-state index is 12.0. The Labute approximate surface area is 157 Å². The highest BCUT2D eigenvalue weighted by Crippen LogP contribution is 2.59. The highest BCUT2D eigenvalue weighted by molar-refractivity contribution is 5.76. The molecule has 0 spiro atoms. The number of carbonyl (C=O) groups is 1. The number of amides is 1. The third-order valence-corrected chi connectivity index (χ3v) is 5.65. The summed E-state index contributed by atoms with van der Waals surface area (Å²) in [6.07, 6.45) is -0.467. The molecule has 134 valence electrons. The number of ether oxygens (including phenoxy) is 2. The fourth-order valence-corrected chi connectivity index (χ4v) is 4.64. The van der Waals surface area contributed by atoms with Gasteiger partial charge in [0.25, 0.3) is 0 Å². The normalized spacial score (nSPS) is 18.1. The van der Waals surface area contributed by atoms with Gasteiger partial charge in [-0.15, -0.1) is 0 Å². The van der Waals surface area contributed by atoms with Crippen LogP contribution in [0.15, 0.2) is 60.7 Å². The average molecular weight is 357 g/mol. The second-order valence-electron chi connectivity index (χ2n) is 6.86. The first-order valence-corrected chi connectivity index (χ1v) is 9.02. The number of carbonyl (C=O) groups excluding carboxylic acids is 1. The van der Waals surface area contributed by atoms with Crippen molar-refractivity contribution in [2.45, 2.75) is 11.8 Å². The molecule has 0 fully saturated rings. The van der Waals surface area contributed by atoms with Crippen molar-refractivity contribution in [2.24, 2.45) is 0 Å². The maximum atomic E-state index is 12.0. The molecule has 0 radical (unpaired) electrons. The quantitative estimate of drug-likeness (QED) is 0.509. The fourth-order valence-electron chi connectivity index (χ4n) is 4.64. The number of nitrogens with one attached hydrogen (secondary N) is 1. The molecule has 3 aromatic carbocycles. The number of benzene rings is 3. The lowest BCUT2D eigenvalue weighted by molar-refractivity contribution is 0.202. The van der Waals surface area contributed by atoms with Crippen molar-refractivity contribution in [2.75, 3.05) is 14.2 Å². The van der Waals surface area contributed by atoms with E-state index in [1.54, 1.807) is 14.2 Å². The van der Waals surface area contributed by atoms with Gasteiger partial charge in [-0.1, -0.05) is 48.5 Å². The highest BCUT2D eigenvalue weighted by atomic mass is 16.6. The molecular weight excluding hydrogens is 338 g/mol. The zero-order valence-corrected chi connectivity index (χ0v) is 15.2. The molecule has 0 aromatic heterocycles. The van der Waals surface area contributed by atoms with Gasteiger partial charge >= 0.3 is 6.09 Å². The smallest absolute Gasteiger partial charge is 0.412 e. The number of rotatable bonds is 2. The van der Waals surface area contributed by atoms with E-state index in [2.05, 4.69) is 53.8 Å². The zero-order valence-electron chi connectivity index (χ0n) is 15.2. The molecule has 0 unspecified atom stereocenters. The summed E-state index contributed by atoms with van der Waals surface area (Å²) in [4.78, 5) is 12.0. The van der Waals surface area contributed by atoms with E-state index in [-0.39, 0.29) is 11.8 Å². The van der Waals surface area contributed by atoms with Crippen molar-refractivity contribution in [1.29, 1.82) is 0 Å². The predicted molar refractivity (Wildman–Crippen MR) is 103 cm³/mol. The van der Waals surface area contributed by atoms with E-state index >= 15 is 0 Å². The van der Waals surface area contributed by atoms with Crippen LogP contribution >= 0.6 is 0 Å². The van der Waals surface area contributed by atoms with Crippen LogP contribution in [0.3, 0.4) is 0 Å². The summed E-state index contributed by atoms with van der Waals surface area (Å²) in [5.41, 5.74) is 7.25. The summed E-state index contributed by atoms with van der Waals surface area (Å²) in [7, 11) is 3.25. The Hall–Kier alpha value is -3.27. The summed E-state index contributed by atoms with van der Waals surface area (Å²) in [5, 5.41) is 2.54. The van der Waals surface area contributed by atoms with Crippen LogP contribution in [0.1, 0.15) is 45.2 Å². The molecule has 3 aliphatic carbocycles. The van der Waals surface area contributed by atoms with Crippen molar-refractivity contribution in [3.63, 3.8) is 0 Å². The van der Waals surface area contributed by atoms with Gasteiger partial charge in [-0.3, -0.25) is 0 Å². The molecule has 1 N–H and O–H groups in total. The Morgan fingerprint density at radius 3 is 1.67 bits per heavy atom. The van der Waals surface area contributed by atoms with Gasteiger partial charge in [0.1, 0.15) is 11.5 Å². The summed E-state index contributed by atoms with van der Waals surface area (Å²) >= 11 is 0. The van der Waals surface area contributed by atoms with Gasteiger partial charge in [0.2, 0.25) is 0 Å². The van der Waals surface area contributed by atoms with Crippen molar-refractivity contribution < 1.29 is 14.3 Å². The van der Waals surface area contributed by atoms with Crippen LogP contribution in [-0.2, 0) is 0 Å². The van der Waals surface area contributed by atoms with Crippen molar-refractivity contribution in [1.82, 2.24) is 5.32 Å². The summed E-state index contributed by atoms with van der Waals surface area (Å²) in [6.45, 7) is 0. The Bertz CT molecular complexity index is 1030. The third kappa shape index (κ3) is 2.13. The standard InChI is InChI=1S/C23H19NO3/c1-24-23(25)27-18-12-11-17(26-2)21-19-13-7-3-5-9-15(13)20(22(18)21)16-10-6-4-8-14(16)19/h3-12,19-20H,1-2H3,(H,24,25). The number of hydrogen-bond donors (Lipinski definition) is 1. The molecule has 0 saturated heterocycles. The molecular formula is C23H19NO3. The molecule has 4 heteroatoms. The molecule has 2 bridgehead atoms. The Kier molecular flexibility index (Phi) is 3.47. The van der Waals surface area contributed by atoms with Crippen molar-refractivity contribution >= 4 is 6.09 Å². The van der Waals surface area contributed by atoms with Gasteiger partial charge in [-0.2, -0.15) is 0 Å². The molecule has 0 saturated carbocycles. The van der Waals surface area contributed by atoms with Crippen LogP contribution in [-0.4, -0.2) is 20.3 Å². The summed E-state index contributed by atoms with van der Waals surface area (Å²) in [5.74, 6) is 1.50. The molecule has 0 atom stereocenters. The fraction of sp³-hybridized carbons (Fsp3) is 0.174. The third-order valence-electron chi connectivity index (χ3n) is 5.65. The minimum atomic E-state index is -0.467. The van der Waals surface area contributed by atoms with Gasteiger partial charge in [-0.25, -0.2) is 4.79 Å². The lowest BCUT2D eigenvalue weighted by Crippen LogP contribution is -2.30. The van der Waals surface area contributed by atoms with Crippen LogP contribution in [0, 0.1) is 0 Å². The molecule has 6 rings (SSSR count). The molecule has 0 heterocycles. The molecule has 1 amide bonds. The lowest BCUT2D eigenvalue weighted by atomic mass is 9.60. The van der Waals surface area contributed by atoms with Gasteiger partial charge in [0.05, 0.1) is 7.11 Å². The first-order valence-electron chi connectivity index (χ1n) is 9.02. The van der Waals surface area contributed by atoms with Gasteiger partial charge in [0.15, 0.2) is 0 Å². The van der Waals surface area contributed by atoms with E-state index in [1.165, 1.54) is 22.3 Å². The largest absolute Gasteiger partial charge is 0.496 e. The Morgan fingerprint density at radius 1 is 0.778 bits per heavy atom. The molecule has 27 heavy (non-hydrogen) atoms. The van der Waals surface area contributed by atoms with E-state index in [9.17, 15) is 4.79 Å². The van der Waals surface area contributed by atoms with Gasteiger partial charge in [0, 0.05) is 30.0 Å². The van der Waals surface area contributed by atoms with Crippen molar-refractivity contribution in [3.05, 3.63) is 94.0 Å². The van der Waals surface area contributed by atoms with Gasteiger partial charge < -0.3 is 14.8 Å². The van der Waals surface area contributed by atoms with Crippen molar-refractivity contribution in [3.8, 4) is 11.5 Å². The molecule has 3 aromatic rings. The topological polar surface area (TPSA) is 47.6 Å². The average Bonchev–Trinajstić information content (AvgIpc) is 2.73. The van der Waals surface area contributed by atoms with Crippen LogP contribution in [0.2, 0.25) is 0 Å². The van der Waals surface area contributed by atoms with Crippen LogP contribution in [0.4, 0.5) is 4.79 Å². The minimum absolute atomic E-state index is 0.0205. The predicted octanol–water partition coefficient (Wildman–Crippen LogP) is 4.40. The monoisotopic (exact) mass is 357 g/mol. The molecule has 3 aliphatic rings. The van der Waals surface area contributed by atoms with Gasteiger partial charge in [-0.05, 0) is 34.4 Å². The van der Waals surface area contributed by atoms with Crippen LogP contribution in [0.5, 0.6) is 11.5 Å². The minimum Gasteiger partial charge on any atom is -0.496 e. The van der Waals surface area contributed by atoms with Crippen LogP contribution < -0.4 is 14.8 Å². The first kappa shape index (κ1) is 15.9. The Balaban J connectivity index is 1.84. The second kappa shape index (κ2) is 5.88. The van der Waals surface area contributed by atoms with E-state index in [0.717, 1.165) is 16.9 Å². The van der Waals surface area contributed by atoms with Crippen LogP contribution in [0.25, 0.3) is 0 Å². The first-order chi connectivity index (χ1) is 13.2. The zero-order chi connectivity index (χ0) is 18.5. The maximum Gasteiger partial charge on any atom is 0.412 e. The summed E-state index contributed by atoms with van der Waals surface area (Å²) in [6, 6.07) is 20.8. The van der Waals surface area contributed by atoms with E-state index in [1.807, 2.05) is 12.1 Å². The molecule has 4 nitrogen and oxygen atoms in total. The Morgan fingerprint density at radius 2 is 1.22 bits per heavy atom. The number of hydrogen-bond acceptors (Lipinski definition) is 3. The van der Waals surface area contributed by atoms with E-state index < -0.39 is 6.09 Å². The number of methoxy groups -OCH3 is 1. The lowest BCUT2D eigenvalue weighted by Gasteiger charge is -2.43. The van der Waals surface area contributed by atoms with E-state index in [4.69, 9.17) is 9.47 Å². The second-order valence-corrected chi connectivity index (χ2v) is 6.86. The van der Waals surface area contributed by atoms with E-state index in [0.29, 0.717) is 5.75 Å².